The normalized spacial score (nSPS) is 24.1. The predicted molar refractivity (Wildman–Crippen MR) is 83.3 cm³/mol. The Labute approximate surface area is 124 Å². The van der Waals surface area contributed by atoms with Crippen molar-refractivity contribution in [2.75, 3.05) is 25.4 Å². The molecular formula is C15H30N2O2S. The summed E-state index contributed by atoms with van der Waals surface area (Å²) in [7, 11) is -3.02. The van der Waals surface area contributed by atoms with Gasteiger partial charge < -0.3 is 5.32 Å². The highest BCUT2D eigenvalue weighted by Gasteiger charge is 2.30. The standard InChI is InChI=1S/C15H30N2O2S/c1-2-10-16-15-8-11-17(12-9-15)20(18,19)13-14-6-4-3-5-7-14/h14-16H,2-13H2,1H3. The van der Waals surface area contributed by atoms with Crippen molar-refractivity contribution in [2.45, 2.75) is 64.3 Å². The molecule has 0 atom stereocenters. The fourth-order valence-electron chi connectivity index (χ4n) is 3.44. The van der Waals surface area contributed by atoms with E-state index in [1.807, 2.05) is 0 Å². The van der Waals surface area contributed by atoms with Gasteiger partial charge in [-0.1, -0.05) is 26.2 Å². The van der Waals surface area contributed by atoms with Crippen LogP contribution in [-0.4, -0.2) is 44.2 Å². The molecule has 1 saturated carbocycles. The minimum absolute atomic E-state index is 0.389. The van der Waals surface area contributed by atoms with Crippen LogP contribution in [0.25, 0.3) is 0 Å². The lowest BCUT2D eigenvalue weighted by atomic mass is 9.91. The first kappa shape index (κ1) is 16.2. The van der Waals surface area contributed by atoms with Crippen LogP contribution in [0.15, 0.2) is 0 Å². The van der Waals surface area contributed by atoms with E-state index in [2.05, 4.69) is 12.2 Å². The van der Waals surface area contributed by atoms with Crippen LogP contribution < -0.4 is 5.32 Å². The summed E-state index contributed by atoms with van der Waals surface area (Å²) in [5, 5.41) is 3.50. The lowest BCUT2D eigenvalue weighted by Crippen LogP contribution is -2.46. The second-order valence-electron chi connectivity index (χ2n) is 6.41. The van der Waals surface area contributed by atoms with Crippen LogP contribution >= 0.6 is 0 Å². The first-order valence-corrected chi connectivity index (χ1v) is 9.94. The van der Waals surface area contributed by atoms with Crippen molar-refractivity contribution >= 4 is 10.0 Å². The van der Waals surface area contributed by atoms with Crippen molar-refractivity contribution in [3.63, 3.8) is 0 Å². The molecule has 2 rings (SSSR count). The summed E-state index contributed by atoms with van der Waals surface area (Å²) in [5.74, 6) is 0.796. The SMILES string of the molecule is CCCNC1CCN(S(=O)(=O)CC2CCCCC2)CC1. The summed E-state index contributed by atoms with van der Waals surface area (Å²) < 4.78 is 26.7. The van der Waals surface area contributed by atoms with Crippen molar-refractivity contribution in [2.24, 2.45) is 5.92 Å². The van der Waals surface area contributed by atoms with Crippen LogP contribution in [0.2, 0.25) is 0 Å². The highest BCUT2D eigenvalue weighted by Crippen LogP contribution is 2.26. The zero-order valence-electron chi connectivity index (χ0n) is 12.8. The molecule has 0 spiro atoms. The molecule has 0 aromatic heterocycles. The van der Waals surface area contributed by atoms with Crippen molar-refractivity contribution < 1.29 is 8.42 Å². The molecule has 1 heterocycles. The highest BCUT2D eigenvalue weighted by atomic mass is 32.2. The molecule has 0 amide bonds. The van der Waals surface area contributed by atoms with E-state index in [4.69, 9.17) is 0 Å². The minimum atomic E-state index is -3.02. The zero-order chi connectivity index (χ0) is 14.4. The smallest absolute Gasteiger partial charge is 0.214 e. The Bertz CT molecular complexity index is 369. The van der Waals surface area contributed by atoms with Crippen LogP contribution in [0.4, 0.5) is 0 Å². The molecule has 5 heteroatoms. The van der Waals surface area contributed by atoms with Gasteiger partial charge in [0.1, 0.15) is 0 Å². The molecule has 118 valence electrons. The quantitative estimate of drug-likeness (QED) is 0.819. The summed E-state index contributed by atoms with van der Waals surface area (Å²) in [4.78, 5) is 0. The number of sulfonamides is 1. The fraction of sp³-hybridized carbons (Fsp3) is 1.00. The van der Waals surface area contributed by atoms with E-state index in [0.29, 0.717) is 30.8 Å². The van der Waals surface area contributed by atoms with Gasteiger partial charge in [0.2, 0.25) is 10.0 Å². The third kappa shape index (κ3) is 4.71. The Morgan fingerprint density at radius 2 is 1.70 bits per heavy atom. The van der Waals surface area contributed by atoms with E-state index in [1.165, 1.54) is 19.3 Å². The molecular weight excluding hydrogens is 272 g/mol. The van der Waals surface area contributed by atoms with E-state index in [0.717, 1.165) is 38.6 Å². The topological polar surface area (TPSA) is 49.4 Å². The fourth-order valence-corrected chi connectivity index (χ4v) is 5.35. The second kappa shape index (κ2) is 7.76. The van der Waals surface area contributed by atoms with Crippen LogP contribution in [0.1, 0.15) is 58.3 Å². The minimum Gasteiger partial charge on any atom is -0.314 e. The van der Waals surface area contributed by atoms with Gasteiger partial charge in [0.25, 0.3) is 0 Å². The summed E-state index contributed by atoms with van der Waals surface area (Å²) in [5.41, 5.74) is 0. The van der Waals surface area contributed by atoms with E-state index in [1.54, 1.807) is 4.31 Å². The van der Waals surface area contributed by atoms with Crippen LogP contribution in [0.5, 0.6) is 0 Å². The van der Waals surface area contributed by atoms with Crippen LogP contribution in [-0.2, 0) is 10.0 Å². The summed E-state index contributed by atoms with van der Waals surface area (Å²) in [6, 6.07) is 0.510. The van der Waals surface area contributed by atoms with Gasteiger partial charge in [0.05, 0.1) is 5.75 Å². The average molecular weight is 302 g/mol. The Morgan fingerprint density at radius 3 is 2.30 bits per heavy atom. The average Bonchev–Trinajstić information content (AvgIpc) is 2.46. The van der Waals surface area contributed by atoms with Crippen molar-refractivity contribution in [1.82, 2.24) is 9.62 Å². The Balaban J connectivity index is 1.79. The highest BCUT2D eigenvalue weighted by molar-refractivity contribution is 7.89. The van der Waals surface area contributed by atoms with Gasteiger partial charge >= 0.3 is 0 Å². The molecule has 1 aliphatic heterocycles. The van der Waals surface area contributed by atoms with E-state index < -0.39 is 10.0 Å². The van der Waals surface area contributed by atoms with Crippen molar-refractivity contribution in [1.29, 1.82) is 0 Å². The number of hydrogen-bond acceptors (Lipinski definition) is 3. The van der Waals surface area contributed by atoms with Gasteiger partial charge in [-0.15, -0.1) is 0 Å². The summed E-state index contributed by atoms with van der Waals surface area (Å²) in [6.07, 6.45) is 8.98. The van der Waals surface area contributed by atoms with E-state index in [-0.39, 0.29) is 0 Å². The molecule has 1 N–H and O–H groups in total. The first-order chi connectivity index (χ1) is 9.62. The maximum atomic E-state index is 12.5. The Kier molecular flexibility index (Phi) is 6.30. The summed E-state index contributed by atoms with van der Waals surface area (Å²) >= 11 is 0. The van der Waals surface area contributed by atoms with Gasteiger partial charge in [0, 0.05) is 19.1 Å². The second-order valence-corrected chi connectivity index (χ2v) is 8.42. The lowest BCUT2D eigenvalue weighted by molar-refractivity contribution is 0.286. The molecule has 1 saturated heterocycles. The molecule has 0 radical (unpaired) electrons. The van der Waals surface area contributed by atoms with Crippen molar-refractivity contribution in [3.05, 3.63) is 0 Å². The number of hydrogen-bond donors (Lipinski definition) is 1. The number of nitrogens with one attached hydrogen (secondary N) is 1. The molecule has 0 unspecified atom stereocenters. The Hall–Kier alpha value is -0.130. The zero-order valence-corrected chi connectivity index (χ0v) is 13.6. The number of nitrogens with zero attached hydrogens (tertiary/aromatic N) is 1. The van der Waals surface area contributed by atoms with Gasteiger partial charge in [-0.05, 0) is 44.6 Å². The third-order valence-corrected chi connectivity index (χ3v) is 6.75. The molecule has 4 nitrogen and oxygen atoms in total. The summed E-state index contributed by atoms with van der Waals surface area (Å²) in [6.45, 7) is 4.61. The largest absolute Gasteiger partial charge is 0.314 e. The first-order valence-electron chi connectivity index (χ1n) is 8.33. The molecule has 0 aromatic rings. The van der Waals surface area contributed by atoms with Gasteiger partial charge in [0.15, 0.2) is 0 Å². The van der Waals surface area contributed by atoms with Gasteiger partial charge in [-0.25, -0.2) is 12.7 Å². The molecule has 1 aliphatic carbocycles. The monoisotopic (exact) mass is 302 g/mol. The maximum absolute atomic E-state index is 12.5. The molecule has 20 heavy (non-hydrogen) atoms. The molecule has 0 aromatic carbocycles. The molecule has 0 bridgehead atoms. The van der Waals surface area contributed by atoms with E-state index in [9.17, 15) is 8.42 Å². The van der Waals surface area contributed by atoms with Gasteiger partial charge in [-0.2, -0.15) is 0 Å². The van der Waals surface area contributed by atoms with Crippen LogP contribution in [0, 0.1) is 5.92 Å². The predicted octanol–water partition coefficient (Wildman–Crippen LogP) is 2.36. The maximum Gasteiger partial charge on any atom is 0.214 e. The third-order valence-electron chi connectivity index (χ3n) is 4.70. The molecule has 2 fully saturated rings. The number of piperidine rings is 1. The van der Waals surface area contributed by atoms with Crippen molar-refractivity contribution in [3.8, 4) is 0 Å². The number of rotatable bonds is 6. The van der Waals surface area contributed by atoms with Gasteiger partial charge in [-0.3, -0.25) is 0 Å². The molecule has 2 aliphatic rings. The van der Waals surface area contributed by atoms with E-state index >= 15 is 0 Å². The van der Waals surface area contributed by atoms with Crippen LogP contribution in [0.3, 0.4) is 0 Å². The lowest BCUT2D eigenvalue weighted by Gasteiger charge is -2.33. The Morgan fingerprint density at radius 1 is 1.05 bits per heavy atom.